The van der Waals surface area contributed by atoms with Crippen molar-refractivity contribution in [3.05, 3.63) is 0 Å². The van der Waals surface area contributed by atoms with Gasteiger partial charge in [-0.15, -0.1) is 0 Å². The van der Waals surface area contributed by atoms with E-state index in [1.54, 1.807) is 51.4 Å². The molecule has 0 aliphatic heterocycles. The number of fused-ring (bicyclic) bond motifs is 3. The van der Waals surface area contributed by atoms with Crippen molar-refractivity contribution in [1.29, 1.82) is 0 Å². The third-order valence-electron chi connectivity index (χ3n) is 6.27. The molecule has 0 bridgehead atoms. The lowest BCUT2D eigenvalue weighted by Crippen LogP contribution is -2.39. The quantitative estimate of drug-likeness (QED) is 0.598. The fraction of sp³-hybridized carbons (Fsp3) is 1.00. The molecule has 0 nitrogen and oxygen atoms in total. The van der Waals surface area contributed by atoms with Gasteiger partial charge in [-0.3, -0.25) is 0 Å². The Hall–Kier alpha value is 0. The van der Waals surface area contributed by atoms with E-state index in [9.17, 15) is 0 Å². The molecule has 0 aromatic carbocycles. The molecule has 0 aromatic heterocycles. The van der Waals surface area contributed by atoms with Gasteiger partial charge in [0.25, 0.3) is 0 Å². The van der Waals surface area contributed by atoms with E-state index in [1.807, 2.05) is 0 Å². The van der Waals surface area contributed by atoms with Gasteiger partial charge in [-0.25, -0.2) is 0 Å². The first kappa shape index (κ1) is 12.1. The molecule has 0 spiro atoms. The molecule has 3 aliphatic carbocycles. The van der Waals surface area contributed by atoms with Crippen LogP contribution in [0.2, 0.25) is 0 Å². The molecule has 0 radical (unpaired) electrons. The number of hydrogen-bond acceptors (Lipinski definition) is 0. The minimum absolute atomic E-state index is 1.10. The first-order valence-corrected chi connectivity index (χ1v) is 8.38. The Morgan fingerprint density at radius 3 is 2.41 bits per heavy atom. The van der Waals surface area contributed by atoms with Gasteiger partial charge in [0.15, 0.2) is 0 Å². The Balaban J connectivity index is 1.63. The third kappa shape index (κ3) is 2.42. The van der Waals surface area contributed by atoms with Gasteiger partial charge in [-0.1, -0.05) is 45.4 Å². The molecule has 3 saturated carbocycles. The van der Waals surface area contributed by atoms with E-state index in [4.69, 9.17) is 0 Å². The van der Waals surface area contributed by atoms with Crippen LogP contribution in [0.5, 0.6) is 0 Å². The monoisotopic (exact) mass is 234 g/mol. The summed E-state index contributed by atoms with van der Waals surface area (Å²) in [6.45, 7) is 2.37. The van der Waals surface area contributed by atoms with Crippen molar-refractivity contribution in [2.45, 2.75) is 77.6 Å². The largest absolute Gasteiger partial charge is 0.0654 e. The van der Waals surface area contributed by atoms with Crippen LogP contribution in [-0.4, -0.2) is 0 Å². The molecule has 0 saturated heterocycles. The van der Waals surface area contributed by atoms with Gasteiger partial charge in [-0.2, -0.15) is 0 Å². The molecular formula is C17H30. The van der Waals surface area contributed by atoms with E-state index in [2.05, 4.69) is 6.92 Å². The highest BCUT2D eigenvalue weighted by Crippen LogP contribution is 2.52. The van der Waals surface area contributed by atoms with E-state index in [-0.39, 0.29) is 0 Å². The lowest BCUT2D eigenvalue weighted by Gasteiger charge is -2.49. The highest BCUT2D eigenvalue weighted by molar-refractivity contribution is 4.92. The summed E-state index contributed by atoms with van der Waals surface area (Å²) >= 11 is 0. The van der Waals surface area contributed by atoms with Crippen molar-refractivity contribution >= 4 is 0 Å². The van der Waals surface area contributed by atoms with Crippen molar-refractivity contribution in [2.24, 2.45) is 29.6 Å². The van der Waals surface area contributed by atoms with Crippen LogP contribution in [0.3, 0.4) is 0 Å². The fourth-order valence-electron chi connectivity index (χ4n) is 5.54. The van der Waals surface area contributed by atoms with Gasteiger partial charge in [-0.05, 0) is 61.7 Å². The zero-order valence-electron chi connectivity index (χ0n) is 11.7. The molecule has 0 N–H and O–H groups in total. The molecule has 0 amide bonds. The third-order valence-corrected chi connectivity index (χ3v) is 6.27. The van der Waals surface area contributed by atoms with Crippen LogP contribution in [0.15, 0.2) is 0 Å². The Morgan fingerprint density at radius 1 is 0.765 bits per heavy atom. The maximum absolute atomic E-state index is 2.37. The van der Waals surface area contributed by atoms with Crippen LogP contribution < -0.4 is 0 Å². The highest BCUT2D eigenvalue weighted by atomic mass is 14.5. The van der Waals surface area contributed by atoms with E-state index in [0.29, 0.717) is 0 Å². The maximum Gasteiger partial charge on any atom is -0.0355 e. The SMILES string of the molecule is CCC[C@H]1CCC2C(CCC3CCCCC32)C1. The topological polar surface area (TPSA) is 0 Å². The molecule has 4 unspecified atom stereocenters. The summed E-state index contributed by atoms with van der Waals surface area (Å²) < 4.78 is 0. The second kappa shape index (κ2) is 5.33. The minimum atomic E-state index is 1.10. The predicted molar refractivity (Wildman–Crippen MR) is 73.9 cm³/mol. The lowest BCUT2D eigenvalue weighted by molar-refractivity contribution is 0.0103. The molecule has 5 atom stereocenters. The molecule has 0 heterocycles. The van der Waals surface area contributed by atoms with Crippen molar-refractivity contribution in [1.82, 2.24) is 0 Å². The summed E-state index contributed by atoms with van der Waals surface area (Å²) in [6.07, 6.45) is 17.1. The van der Waals surface area contributed by atoms with Crippen molar-refractivity contribution < 1.29 is 0 Å². The predicted octanol–water partition coefficient (Wildman–Crippen LogP) is 5.42. The smallest absolute Gasteiger partial charge is 0.0355 e. The van der Waals surface area contributed by atoms with Crippen LogP contribution in [0.1, 0.15) is 77.6 Å². The molecule has 17 heavy (non-hydrogen) atoms. The van der Waals surface area contributed by atoms with Gasteiger partial charge in [0.2, 0.25) is 0 Å². The summed E-state index contributed by atoms with van der Waals surface area (Å²) in [5.41, 5.74) is 0. The summed E-state index contributed by atoms with van der Waals surface area (Å²) in [7, 11) is 0. The van der Waals surface area contributed by atoms with Gasteiger partial charge >= 0.3 is 0 Å². The van der Waals surface area contributed by atoms with Gasteiger partial charge < -0.3 is 0 Å². The van der Waals surface area contributed by atoms with Crippen LogP contribution >= 0.6 is 0 Å². The molecular weight excluding hydrogens is 204 g/mol. The van der Waals surface area contributed by atoms with Crippen molar-refractivity contribution in [3.8, 4) is 0 Å². The summed E-state index contributed by atoms with van der Waals surface area (Å²) in [4.78, 5) is 0. The van der Waals surface area contributed by atoms with Crippen LogP contribution in [0.4, 0.5) is 0 Å². The van der Waals surface area contributed by atoms with Crippen LogP contribution in [0, 0.1) is 29.6 Å². The lowest BCUT2D eigenvalue weighted by atomic mass is 9.56. The molecule has 3 fully saturated rings. The minimum Gasteiger partial charge on any atom is -0.0654 e. The van der Waals surface area contributed by atoms with Gasteiger partial charge in [0.1, 0.15) is 0 Å². The molecule has 3 rings (SSSR count). The summed E-state index contributed by atoms with van der Waals surface area (Å²) in [5.74, 6) is 5.70. The zero-order chi connectivity index (χ0) is 11.7. The Bertz CT molecular complexity index is 244. The van der Waals surface area contributed by atoms with Crippen LogP contribution in [-0.2, 0) is 0 Å². The van der Waals surface area contributed by atoms with Gasteiger partial charge in [0.05, 0.1) is 0 Å². The molecule has 0 heteroatoms. The number of hydrogen-bond donors (Lipinski definition) is 0. The van der Waals surface area contributed by atoms with E-state index in [1.165, 1.54) is 19.3 Å². The molecule has 3 aliphatic rings. The second-order valence-corrected chi connectivity index (χ2v) is 7.18. The second-order valence-electron chi connectivity index (χ2n) is 7.18. The first-order valence-electron chi connectivity index (χ1n) is 8.38. The zero-order valence-corrected chi connectivity index (χ0v) is 11.7. The number of rotatable bonds is 2. The van der Waals surface area contributed by atoms with E-state index < -0.39 is 0 Å². The van der Waals surface area contributed by atoms with E-state index >= 15 is 0 Å². The average molecular weight is 234 g/mol. The highest BCUT2D eigenvalue weighted by Gasteiger charge is 2.42. The van der Waals surface area contributed by atoms with E-state index in [0.717, 1.165) is 29.6 Å². The molecule has 98 valence electrons. The summed E-state index contributed by atoms with van der Waals surface area (Å²) in [6, 6.07) is 0. The normalized spacial score (nSPS) is 46.1. The Labute approximate surface area is 108 Å². The standard InChI is InChI=1S/C17H30/c1-2-5-13-8-11-17-15(12-13)10-9-14-6-3-4-7-16(14)17/h13-17H,2-12H2,1H3/t13-,14?,15?,16?,17?/m0/s1. The fourth-order valence-corrected chi connectivity index (χ4v) is 5.54. The van der Waals surface area contributed by atoms with Crippen LogP contribution in [0.25, 0.3) is 0 Å². The first-order chi connectivity index (χ1) is 8.38. The van der Waals surface area contributed by atoms with Crippen molar-refractivity contribution in [2.75, 3.05) is 0 Å². The average Bonchev–Trinajstić information content (AvgIpc) is 2.39. The van der Waals surface area contributed by atoms with Crippen molar-refractivity contribution in [3.63, 3.8) is 0 Å². The Morgan fingerprint density at radius 2 is 1.53 bits per heavy atom. The van der Waals surface area contributed by atoms with Gasteiger partial charge in [0, 0.05) is 0 Å². The molecule has 0 aromatic rings. The Kier molecular flexibility index (Phi) is 3.78. The maximum atomic E-state index is 2.37. The summed E-state index contributed by atoms with van der Waals surface area (Å²) in [5, 5.41) is 0.